The Morgan fingerprint density at radius 2 is 1.95 bits per heavy atom. The highest BCUT2D eigenvalue weighted by molar-refractivity contribution is 6.12. The van der Waals surface area contributed by atoms with Crippen molar-refractivity contribution in [3.63, 3.8) is 0 Å². The maximum Gasteiger partial charge on any atom is 0.256 e. The molecule has 3 nitrogen and oxygen atoms in total. The van der Waals surface area contributed by atoms with E-state index in [-0.39, 0.29) is 11.6 Å². The maximum atomic E-state index is 13.8. The zero-order valence-corrected chi connectivity index (χ0v) is 10.9. The second kappa shape index (κ2) is 4.81. The summed E-state index contributed by atoms with van der Waals surface area (Å²) < 4.78 is 13.8. The van der Waals surface area contributed by atoms with Crippen LogP contribution in [0.3, 0.4) is 0 Å². The van der Waals surface area contributed by atoms with E-state index in [1.54, 1.807) is 37.4 Å². The van der Waals surface area contributed by atoms with Gasteiger partial charge in [0, 0.05) is 22.7 Å². The molecule has 0 fully saturated rings. The first-order valence-corrected chi connectivity index (χ1v) is 6.29. The molecule has 0 atom stereocenters. The second-order valence-corrected chi connectivity index (χ2v) is 4.63. The van der Waals surface area contributed by atoms with Gasteiger partial charge in [0.15, 0.2) is 0 Å². The van der Waals surface area contributed by atoms with Gasteiger partial charge in [-0.1, -0.05) is 18.2 Å². The molecule has 0 aliphatic rings. The molecule has 0 aliphatic carbocycles. The number of carbonyl (C=O) groups excluding carboxylic acids is 1. The summed E-state index contributed by atoms with van der Waals surface area (Å²) in [5.74, 6) is -0.747. The van der Waals surface area contributed by atoms with Crippen LogP contribution in [0.25, 0.3) is 10.9 Å². The molecule has 0 bridgehead atoms. The van der Waals surface area contributed by atoms with Gasteiger partial charge in [-0.15, -0.1) is 0 Å². The molecule has 100 valence electrons. The Hall–Kier alpha value is -2.62. The highest BCUT2D eigenvalue weighted by atomic mass is 19.1. The van der Waals surface area contributed by atoms with Crippen LogP contribution >= 0.6 is 0 Å². The molecule has 0 saturated carbocycles. The van der Waals surface area contributed by atoms with E-state index in [1.807, 2.05) is 12.1 Å². The number of halogens is 1. The number of anilines is 1. The minimum absolute atomic E-state index is 0.227. The van der Waals surface area contributed by atoms with E-state index >= 15 is 0 Å². The third kappa shape index (κ3) is 2.05. The molecule has 3 rings (SSSR count). The number of hydrogen-bond acceptors (Lipinski definition) is 1. The summed E-state index contributed by atoms with van der Waals surface area (Å²) in [7, 11) is 0. The molecular formula is C16H13FN2O. The second-order valence-electron chi connectivity index (χ2n) is 4.63. The van der Waals surface area contributed by atoms with Crippen LogP contribution in [0.4, 0.5) is 10.1 Å². The molecule has 2 N–H and O–H groups in total. The lowest BCUT2D eigenvalue weighted by Crippen LogP contribution is -2.14. The lowest BCUT2D eigenvalue weighted by atomic mass is 10.1. The topological polar surface area (TPSA) is 44.9 Å². The fourth-order valence-electron chi connectivity index (χ4n) is 2.25. The summed E-state index contributed by atoms with van der Waals surface area (Å²) in [6.45, 7) is 1.76. The number of rotatable bonds is 2. The Morgan fingerprint density at radius 1 is 1.15 bits per heavy atom. The van der Waals surface area contributed by atoms with Crippen LogP contribution in [-0.4, -0.2) is 10.9 Å². The van der Waals surface area contributed by atoms with Crippen LogP contribution in [0, 0.1) is 12.7 Å². The number of carbonyl (C=O) groups is 1. The van der Waals surface area contributed by atoms with Gasteiger partial charge in [-0.3, -0.25) is 4.79 Å². The summed E-state index contributed by atoms with van der Waals surface area (Å²) in [6.07, 6.45) is 1.77. The maximum absolute atomic E-state index is 13.8. The van der Waals surface area contributed by atoms with Gasteiger partial charge in [0.1, 0.15) is 5.82 Å². The Kier molecular flexibility index (Phi) is 2.99. The molecule has 1 amide bonds. The SMILES string of the molecule is Cc1cccc(F)c1NC(=O)c1cccc2[nH]ccc12. The third-order valence-corrected chi connectivity index (χ3v) is 3.30. The Labute approximate surface area is 115 Å². The molecule has 0 radical (unpaired) electrons. The first kappa shape index (κ1) is 12.4. The van der Waals surface area contributed by atoms with Crippen LogP contribution in [0.15, 0.2) is 48.7 Å². The standard InChI is InChI=1S/C16H13FN2O/c1-10-4-2-6-13(17)15(10)19-16(20)12-5-3-7-14-11(12)8-9-18-14/h2-9,18H,1H3,(H,19,20). The average Bonchev–Trinajstić information content (AvgIpc) is 2.91. The van der Waals surface area contributed by atoms with E-state index < -0.39 is 5.82 Å². The molecule has 1 aromatic heterocycles. The molecule has 4 heteroatoms. The van der Waals surface area contributed by atoms with Crippen molar-refractivity contribution in [2.75, 3.05) is 5.32 Å². The molecular weight excluding hydrogens is 255 g/mol. The Bertz CT molecular complexity index is 772. The van der Waals surface area contributed by atoms with Crippen molar-refractivity contribution >= 4 is 22.5 Å². The number of aromatic amines is 1. The monoisotopic (exact) mass is 268 g/mol. The van der Waals surface area contributed by atoms with E-state index in [0.29, 0.717) is 11.1 Å². The number of nitrogens with one attached hydrogen (secondary N) is 2. The number of amides is 1. The van der Waals surface area contributed by atoms with Crippen molar-refractivity contribution in [1.29, 1.82) is 0 Å². The van der Waals surface area contributed by atoms with Crippen molar-refractivity contribution in [2.45, 2.75) is 6.92 Å². The smallest absolute Gasteiger partial charge is 0.256 e. The predicted molar refractivity (Wildman–Crippen MR) is 77.4 cm³/mol. The number of aromatic nitrogens is 1. The number of hydrogen-bond donors (Lipinski definition) is 2. The average molecular weight is 268 g/mol. The fraction of sp³-hybridized carbons (Fsp3) is 0.0625. The number of para-hydroxylation sites is 1. The Morgan fingerprint density at radius 3 is 2.75 bits per heavy atom. The predicted octanol–water partition coefficient (Wildman–Crippen LogP) is 3.87. The molecule has 0 unspecified atom stereocenters. The van der Waals surface area contributed by atoms with E-state index in [2.05, 4.69) is 10.3 Å². The summed E-state index contributed by atoms with van der Waals surface area (Å²) in [5, 5.41) is 3.47. The first-order valence-electron chi connectivity index (χ1n) is 6.29. The van der Waals surface area contributed by atoms with Crippen molar-refractivity contribution < 1.29 is 9.18 Å². The lowest BCUT2D eigenvalue weighted by Gasteiger charge is -2.10. The van der Waals surface area contributed by atoms with Gasteiger partial charge in [0.25, 0.3) is 5.91 Å². The highest BCUT2D eigenvalue weighted by Gasteiger charge is 2.13. The van der Waals surface area contributed by atoms with Crippen molar-refractivity contribution in [2.24, 2.45) is 0 Å². The van der Waals surface area contributed by atoms with Gasteiger partial charge < -0.3 is 10.3 Å². The van der Waals surface area contributed by atoms with Crippen LogP contribution in [0.5, 0.6) is 0 Å². The van der Waals surface area contributed by atoms with E-state index in [0.717, 1.165) is 10.9 Å². The molecule has 3 aromatic rings. The van der Waals surface area contributed by atoms with Crippen LogP contribution in [-0.2, 0) is 0 Å². The van der Waals surface area contributed by atoms with Gasteiger partial charge in [0.05, 0.1) is 5.69 Å². The molecule has 0 saturated heterocycles. The van der Waals surface area contributed by atoms with Crippen molar-refractivity contribution in [1.82, 2.24) is 4.98 Å². The van der Waals surface area contributed by atoms with Crippen molar-refractivity contribution in [3.8, 4) is 0 Å². The first-order chi connectivity index (χ1) is 9.66. The summed E-state index contributed by atoms with van der Waals surface area (Å²) >= 11 is 0. The summed E-state index contributed by atoms with van der Waals surface area (Å²) in [5.41, 5.74) is 2.32. The molecule has 1 heterocycles. The fourth-order valence-corrected chi connectivity index (χ4v) is 2.25. The van der Waals surface area contributed by atoms with E-state index in [4.69, 9.17) is 0 Å². The number of aryl methyl sites for hydroxylation is 1. The quantitative estimate of drug-likeness (QED) is 0.728. The normalized spacial score (nSPS) is 10.7. The zero-order valence-electron chi connectivity index (χ0n) is 10.9. The molecule has 20 heavy (non-hydrogen) atoms. The molecule has 2 aromatic carbocycles. The number of fused-ring (bicyclic) bond motifs is 1. The van der Waals surface area contributed by atoms with Gasteiger partial charge >= 0.3 is 0 Å². The minimum Gasteiger partial charge on any atom is -0.361 e. The van der Waals surface area contributed by atoms with Crippen LogP contribution in [0.1, 0.15) is 15.9 Å². The molecule has 0 aliphatic heterocycles. The van der Waals surface area contributed by atoms with Gasteiger partial charge in [0.2, 0.25) is 0 Å². The minimum atomic E-state index is -0.431. The summed E-state index contributed by atoms with van der Waals surface area (Å²) in [6, 6.07) is 11.9. The van der Waals surface area contributed by atoms with Crippen LogP contribution in [0.2, 0.25) is 0 Å². The van der Waals surface area contributed by atoms with Crippen LogP contribution < -0.4 is 5.32 Å². The number of benzene rings is 2. The van der Waals surface area contributed by atoms with E-state index in [1.165, 1.54) is 6.07 Å². The summed E-state index contributed by atoms with van der Waals surface area (Å²) in [4.78, 5) is 15.4. The van der Waals surface area contributed by atoms with Gasteiger partial charge in [-0.2, -0.15) is 0 Å². The third-order valence-electron chi connectivity index (χ3n) is 3.30. The highest BCUT2D eigenvalue weighted by Crippen LogP contribution is 2.22. The number of H-pyrrole nitrogens is 1. The lowest BCUT2D eigenvalue weighted by molar-refractivity contribution is 0.102. The molecule has 0 spiro atoms. The Balaban J connectivity index is 2.00. The van der Waals surface area contributed by atoms with E-state index in [9.17, 15) is 9.18 Å². The van der Waals surface area contributed by atoms with Gasteiger partial charge in [-0.25, -0.2) is 4.39 Å². The van der Waals surface area contributed by atoms with Gasteiger partial charge in [-0.05, 0) is 36.8 Å². The zero-order chi connectivity index (χ0) is 14.1. The largest absolute Gasteiger partial charge is 0.361 e. The van der Waals surface area contributed by atoms with Crippen molar-refractivity contribution in [3.05, 3.63) is 65.6 Å².